The molecule has 0 spiro atoms. The van der Waals surface area contributed by atoms with E-state index >= 15 is 0 Å². The van der Waals surface area contributed by atoms with Gasteiger partial charge in [0.25, 0.3) is 0 Å². The van der Waals surface area contributed by atoms with Gasteiger partial charge in [-0.25, -0.2) is 8.42 Å². The van der Waals surface area contributed by atoms with Gasteiger partial charge in [-0.1, -0.05) is 30.3 Å². The summed E-state index contributed by atoms with van der Waals surface area (Å²) in [6.07, 6.45) is 6.47. The van der Waals surface area contributed by atoms with Crippen molar-refractivity contribution in [1.82, 2.24) is 10.3 Å². The van der Waals surface area contributed by atoms with E-state index in [0.29, 0.717) is 16.9 Å². The largest absolute Gasteiger partial charge is 0.307 e. The number of hydrogen-bond acceptors (Lipinski definition) is 4. The van der Waals surface area contributed by atoms with Crippen LogP contribution < -0.4 is 5.32 Å². The highest BCUT2D eigenvalue weighted by Crippen LogP contribution is 2.36. The van der Waals surface area contributed by atoms with Gasteiger partial charge in [0.2, 0.25) is 0 Å². The molecule has 1 aliphatic carbocycles. The summed E-state index contributed by atoms with van der Waals surface area (Å²) in [5, 5.41) is 5.00. The van der Waals surface area contributed by atoms with Crippen molar-refractivity contribution in [2.45, 2.75) is 49.1 Å². The molecule has 0 bridgehead atoms. The molecule has 4 nitrogen and oxygen atoms in total. The minimum absolute atomic E-state index is 0.254. The number of pyridine rings is 1. The van der Waals surface area contributed by atoms with Crippen LogP contribution in [0.4, 0.5) is 0 Å². The Morgan fingerprint density at radius 1 is 1.04 bits per heavy atom. The average Bonchev–Trinajstić information content (AvgIpc) is 3.15. The van der Waals surface area contributed by atoms with E-state index < -0.39 is 9.84 Å². The number of nitrogens with one attached hydrogen (secondary N) is 1. The zero-order chi connectivity index (χ0) is 19.7. The lowest BCUT2D eigenvalue weighted by molar-refractivity contribution is 0.459. The van der Waals surface area contributed by atoms with Crippen molar-refractivity contribution in [3.63, 3.8) is 0 Å². The summed E-state index contributed by atoms with van der Waals surface area (Å²) in [5.74, 6) is 0.479. The van der Waals surface area contributed by atoms with E-state index in [-0.39, 0.29) is 6.04 Å². The topological polar surface area (TPSA) is 59.1 Å². The molecule has 0 saturated heterocycles. The second kappa shape index (κ2) is 7.64. The summed E-state index contributed by atoms with van der Waals surface area (Å²) < 4.78 is 23.3. The first kappa shape index (κ1) is 19.1. The fraction of sp³-hybridized carbons (Fsp3) is 0.348. The van der Waals surface area contributed by atoms with E-state index in [1.165, 1.54) is 22.8 Å². The van der Waals surface area contributed by atoms with E-state index in [2.05, 4.69) is 41.5 Å². The van der Waals surface area contributed by atoms with Crippen LogP contribution in [0.15, 0.2) is 65.7 Å². The molecule has 146 valence electrons. The molecule has 1 saturated carbocycles. The molecule has 5 heteroatoms. The average molecular weight is 395 g/mol. The summed E-state index contributed by atoms with van der Waals surface area (Å²) in [6.45, 7) is 2.22. The smallest absolute Gasteiger partial charge is 0.175 e. The lowest BCUT2D eigenvalue weighted by atomic mass is 9.97. The number of rotatable bonds is 5. The molecule has 1 fully saturated rings. The highest BCUT2D eigenvalue weighted by atomic mass is 32.2. The van der Waals surface area contributed by atoms with E-state index in [1.807, 2.05) is 24.4 Å². The van der Waals surface area contributed by atoms with E-state index in [0.717, 1.165) is 24.8 Å². The van der Waals surface area contributed by atoms with Gasteiger partial charge in [0.05, 0.1) is 10.4 Å². The van der Waals surface area contributed by atoms with Crippen LogP contribution in [-0.2, 0) is 9.84 Å². The molecule has 0 radical (unpaired) electrons. The molecule has 1 unspecified atom stereocenters. The van der Waals surface area contributed by atoms with Gasteiger partial charge in [-0.2, -0.15) is 0 Å². The van der Waals surface area contributed by atoms with Crippen molar-refractivity contribution < 1.29 is 8.42 Å². The van der Waals surface area contributed by atoms with Crippen LogP contribution >= 0.6 is 0 Å². The number of nitrogens with zero attached hydrogens (tertiary/aromatic N) is 1. The molecule has 2 aromatic carbocycles. The minimum atomic E-state index is -3.14. The molecule has 1 N–H and O–H groups in total. The first-order valence-electron chi connectivity index (χ1n) is 9.81. The van der Waals surface area contributed by atoms with Crippen molar-refractivity contribution in [2.75, 3.05) is 6.26 Å². The predicted molar refractivity (Wildman–Crippen MR) is 113 cm³/mol. The second-order valence-electron chi connectivity index (χ2n) is 7.85. The van der Waals surface area contributed by atoms with Crippen molar-refractivity contribution in [2.24, 2.45) is 0 Å². The molecular formula is C23H26N2O2S. The molecule has 3 aromatic rings. The number of benzene rings is 2. The Morgan fingerprint density at radius 2 is 1.79 bits per heavy atom. The first-order valence-corrected chi connectivity index (χ1v) is 11.7. The summed E-state index contributed by atoms with van der Waals surface area (Å²) in [5.41, 5.74) is 3.55. The molecule has 0 aliphatic heterocycles. The highest BCUT2D eigenvalue weighted by Gasteiger charge is 2.27. The molecule has 1 aliphatic rings. The number of sulfone groups is 1. The highest BCUT2D eigenvalue weighted by molar-refractivity contribution is 7.90. The zero-order valence-corrected chi connectivity index (χ0v) is 17.1. The third-order valence-electron chi connectivity index (χ3n) is 5.85. The second-order valence-corrected chi connectivity index (χ2v) is 9.87. The van der Waals surface area contributed by atoms with Gasteiger partial charge in [0.15, 0.2) is 9.84 Å². The van der Waals surface area contributed by atoms with E-state index in [1.54, 1.807) is 12.1 Å². The summed E-state index contributed by atoms with van der Waals surface area (Å²) >= 11 is 0. The Balaban J connectivity index is 1.44. The van der Waals surface area contributed by atoms with Crippen molar-refractivity contribution in [1.29, 1.82) is 0 Å². The number of para-hydroxylation sites is 1. The Kier molecular flexibility index (Phi) is 5.21. The lowest BCUT2D eigenvalue weighted by Crippen LogP contribution is -2.29. The van der Waals surface area contributed by atoms with Gasteiger partial charge in [-0.05, 0) is 67.5 Å². The van der Waals surface area contributed by atoms with Crippen LogP contribution in [0.2, 0.25) is 0 Å². The Hall–Kier alpha value is -2.24. The van der Waals surface area contributed by atoms with Crippen LogP contribution in [0.3, 0.4) is 0 Å². The molecule has 28 heavy (non-hydrogen) atoms. The van der Waals surface area contributed by atoms with Crippen molar-refractivity contribution >= 4 is 20.7 Å². The fourth-order valence-electron chi connectivity index (χ4n) is 4.36. The van der Waals surface area contributed by atoms with Crippen LogP contribution in [0.25, 0.3) is 10.9 Å². The van der Waals surface area contributed by atoms with E-state index in [4.69, 9.17) is 0 Å². The zero-order valence-electron chi connectivity index (χ0n) is 16.3. The Morgan fingerprint density at radius 3 is 2.54 bits per heavy atom. The maximum Gasteiger partial charge on any atom is 0.175 e. The molecule has 1 heterocycles. The molecule has 3 atom stereocenters. The van der Waals surface area contributed by atoms with Gasteiger partial charge in [0, 0.05) is 29.9 Å². The van der Waals surface area contributed by atoms with Gasteiger partial charge >= 0.3 is 0 Å². The maximum atomic E-state index is 11.7. The lowest BCUT2D eigenvalue weighted by Gasteiger charge is -2.21. The number of fused-ring (bicyclic) bond motifs is 1. The quantitative estimate of drug-likeness (QED) is 0.686. The van der Waals surface area contributed by atoms with Gasteiger partial charge < -0.3 is 5.32 Å². The molecule has 0 amide bonds. The van der Waals surface area contributed by atoms with Crippen LogP contribution in [-0.4, -0.2) is 25.7 Å². The minimum Gasteiger partial charge on any atom is -0.307 e. The van der Waals surface area contributed by atoms with E-state index in [9.17, 15) is 8.42 Å². The predicted octanol–water partition coefficient (Wildman–Crippen LogP) is 4.63. The van der Waals surface area contributed by atoms with Crippen LogP contribution in [0.5, 0.6) is 0 Å². The van der Waals surface area contributed by atoms with Crippen LogP contribution in [0, 0.1) is 0 Å². The maximum absolute atomic E-state index is 11.7. The van der Waals surface area contributed by atoms with Gasteiger partial charge in [-0.3, -0.25) is 4.98 Å². The SMILES string of the molecule is C[C@@H](N[C@@H]1CCC(c2ccc(S(C)(=O)=O)cc2)C1)c1ccnc2ccccc12. The standard InChI is InChI=1S/C23H26N2O2S/c1-16(21-13-14-24-23-6-4-3-5-22(21)23)25-19-10-7-18(15-19)17-8-11-20(12-9-17)28(2,26)27/h3-6,8-9,11-14,16,18-19,25H,7,10,15H2,1-2H3/t16-,18?,19-/m1/s1. The summed E-state index contributed by atoms with van der Waals surface area (Å²) in [7, 11) is -3.14. The Labute approximate surface area is 166 Å². The summed E-state index contributed by atoms with van der Waals surface area (Å²) in [6, 6.07) is 18.5. The van der Waals surface area contributed by atoms with Gasteiger partial charge in [0.1, 0.15) is 0 Å². The van der Waals surface area contributed by atoms with Crippen molar-refractivity contribution in [3.8, 4) is 0 Å². The number of aromatic nitrogens is 1. The summed E-state index contributed by atoms with van der Waals surface area (Å²) in [4.78, 5) is 4.85. The normalized spacial score (nSPS) is 21.1. The van der Waals surface area contributed by atoms with Crippen LogP contribution in [0.1, 0.15) is 49.3 Å². The van der Waals surface area contributed by atoms with Crippen molar-refractivity contribution in [3.05, 3.63) is 71.9 Å². The third kappa shape index (κ3) is 3.96. The third-order valence-corrected chi connectivity index (χ3v) is 6.98. The molecule has 1 aromatic heterocycles. The Bertz CT molecular complexity index is 1070. The monoisotopic (exact) mass is 394 g/mol. The molecular weight excluding hydrogens is 368 g/mol. The molecule has 4 rings (SSSR count). The first-order chi connectivity index (χ1) is 13.4. The van der Waals surface area contributed by atoms with Gasteiger partial charge in [-0.15, -0.1) is 0 Å². The fourth-order valence-corrected chi connectivity index (χ4v) is 4.99. The number of hydrogen-bond donors (Lipinski definition) is 1.